The lowest BCUT2D eigenvalue weighted by Gasteiger charge is -2.17. The summed E-state index contributed by atoms with van der Waals surface area (Å²) >= 11 is 1.13. The van der Waals surface area contributed by atoms with E-state index in [1.165, 1.54) is 15.5 Å². The van der Waals surface area contributed by atoms with Crippen LogP contribution in [0.4, 0.5) is 10.1 Å². The molecule has 1 aliphatic rings. The minimum Gasteiger partial charge on any atom is -0.494 e. The van der Waals surface area contributed by atoms with E-state index in [1.54, 1.807) is 30.3 Å². The Morgan fingerprint density at radius 3 is 2.50 bits per heavy atom. The van der Waals surface area contributed by atoms with Crippen LogP contribution in [0.2, 0.25) is 0 Å². The maximum atomic E-state index is 14.4. The van der Waals surface area contributed by atoms with Crippen LogP contribution in [0.1, 0.15) is 30.9 Å². The first kappa shape index (κ1) is 24.0. The lowest BCUT2D eigenvalue weighted by atomic mass is 10.1. The molecule has 6 rings (SSSR count). The summed E-state index contributed by atoms with van der Waals surface area (Å²) in [5, 5.41) is 4.43. The summed E-state index contributed by atoms with van der Waals surface area (Å²) in [4.78, 5) is 33.5. The van der Waals surface area contributed by atoms with E-state index >= 15 is 0 Å². The van der Waals surface area contributed by atoms with E-state index in [9.17, 15) is 14.0 Å². The summed E-state index contributed by atoms with van der Waals surface area (Å²) in [5.74, 6) is 0.451. The molecule has 0 saturated carbocycles. The topological polar surface area (TPSA) is 76.8 Å². The molecule has 5 aromatic rings. The first-order valence-corrected chi connectivity index (χ1v) is 13.2. The number of para-hydroxylation sites is 1. The van der Waals surface area contributed by atoms with E-state index in [0.717, 1.165) is 35.5 Å². The van der Waals surface area contributed by atoms with Gasteiger partial charge in [-0.3, -0.25) is 9.59 Å². The highest BCUT2D eigenvalue weighted by Crippen LogP contribution is 2.36. The molecule has 0 N–H and O–H groups in total. The Morgan fingerprint density at radius 2 is 1.74 bits per heavy atom. The SMILES string of the molecule is CCCCOc1ccc(-c2nc3sc(=C4C(=O)N(Cc5ccccc5F)c5ccccc54)c(=O)n3n2)cc1. The van der Waals surface area contributed by atoms with Crippen molar-refractivity contribution in [1.29, 1.82) is 0 Å². The highest BCUT2D eigenvalue weighted by Gasteiger charge is 2.34. The zero-order valence-electron chi connectivity index (χ0n) is 20.6. The van der Waals surface area contributed by atoms with Crippen LogP contribution in [-0.2, 0) is 11.3 Å². The Bertz CT molecular complexity index is 1780. The van der Waals surface area contributed by atoms with Crippen LogP contribution in [0.3, 0.4) is 0 Å². The van der Waals surface area contributed by atoms with Crippen molar-refractivity contribution in [1.82, 2.24) is 14.6 Å². The summed E-state index contributed by atoms with van der Waals surface area (Å²) in [6.45, 7) is 2.83. The molecule has 0 radical (unpaired) electrons. The third kappa shape index (κ3) is 4.14. The highest BCUT2D eigenvalue weighted by molar-refractivity contribution is 7.15. The van der Waals surface area contributed by atoms with Crippen molar-refractivity contribution in [2.45, 2.75) is 26.3 Å². The summed E-state index contributed by atoms with van der Waals surface area (Å²) in [7, 11) is 0. The maximum Gasteiger partial charge on any atom is 0.291 e. The van der Waals surface area contributed by atoms with Crippen LogP contribution >= 0.6 is 11.3 Å². The smallest absolute Gasteiger partial charge is 0.291 e. The number of fused-ring (bicyclic) bond motifs is 2. The molecule has 3 heterocycles. The van der Waals surface area contributed by atoms with Crippen molar-refractivity contribution in [3.8, 4) is 17.1 Å². The van der Waals surface area contributed by atoms with E-state index in [-0.39, 0.29) is 28.4 Å². The van der Waals surface area contributed by atoms with Gasteiger partial charge in [-0.25, -0.2) is 4.39 Å². The van der Waals surface area contributed by atoms with Crippen molar-refractivity contribution in [2.75, 3.05) is 11.5 Å². The molecule has 38 heavy (non-hydrogen) atoms. The Labute approximate surface area is 221 Å². The minimum atomic E-state index is -0.408. The molecule has 9 heteroatoms. The van der Waals surface area contributed by atoms with Crippen molar-refractivity contribution < 1.29 is 13.9 Å². The second-order valence-corrected chi connectivity index (χ2v) is 9.94. The van der Waals surface area contributed by atoms with Crippen LogP contribution in [0.15, 0.2) is 77.6 Å². The van der Waals surface area contributed by atoms with Crippen molar-refractivity contribution in [2.24, 2.45) is 0 Å². The van der Waals surface area contributed by atoms with Crippen LogP contribution < -0.4 is 19.7 Å². The van der Waals surface area contributed by atoms with Gasteiger partial charge < -0.3 is 9.64 Å². The van der Waals surface area contributed by atoms with Crippen molar-refractivity contribution >= 4 is 33.5 Å². The second-order valence-electron chi connectivity index (χ2n) is 8.97. The molecular formula is C29H23FN4O3S. The molecule has 0 fully saturated rings. The number of hydrogen-bond donors (Lipinski definition) is 0. The Kier molecular flexibility index (Phi) is 6.21. The molecule has 2 aromatic heterocycles. The molecule has 0 spiro atoms. The molecule has 0 bridgehead atoms. The average molecular weight is 527 g/mol. The number of anilines is 1. The largest absolute Gasteiger partial charge is 0.494 e. The molecule has 0 unspecified atom stereocenters. The van der Waals surface area contributed by atoms with Crippen LogP contribution in [0.5, 0.6) is 5.75 Å². The van der Waals surface area contributed by atoms with Crippen molar-refractivity contribution in [3.05, 3.63) is 105 Å². The number of ether oxygens (including phenoxy) is 1. The third-order valence-electron chi connectivity index (χ3n) is 6.47. The van der Waals surface area contributed by atoms with Crippen LogP contribution in [-0.4, -0.2) is 27.1 Å². The Hall–Kier alpha value is -4.37. The summed E-state index contributed by atoms with van der Waals surface area (Å²) in [6, 6.07) is 21.0. The van der Waals surface area contributed by atoms with Gasteiger partial charge in [-0.15, -0.1) is 5.10 Å². The van der Waals surface area contributed by atoms with E-state index < -0.39 is 5.56 Å². The lowest BCUT2D eigenvalue weighted by Crippen LogP contribution is -2.32. The molecule has 0 saturated heterocycles. The summed E-state index contributed by atoms with van der Waals surface area (Å²) in [6.07, 6.45) is 2.05. The molecule has 7 nitrogen and oxygen atoms in total. The zero-order valence-corrected chi connectivity index (χ0v) is 21.4. The number of hydrogen-bond acceptors (Lipinski definition) is 6. The summed E-state index contributed by atoms with van der Waals surface area (Å²) < 4.78 is 21.6. The van der Waals surface area contributed by atoms with Crippen LogP contribution in [0.25, 0.3) is 21.9 Å². The van der Waals surface area contributed by atoms with Gasteiger partial charge in [-0.2, -0.15) is 9.50 Å². The van der Waals surface area contributed by atoms with Gasteiger partial charge in [-0.1, -0.05) is 61.1 Å². The molecule has 1 amide bonds. The van der Waals surface area contributed by atoms with Gasteiger partial charge in [0.25, 0.3) is 11.5 Å². The zero-order chi connectivity index (χ0) is 26.2. The van der Waals surface area contributed by atoms with Gasteiger partial charge in [-0.05, 0) is 42.8 Å². The third-order valence-corrected chi connectivity index (χ3v) is 7.50. The summed E-state index contributed by atoms with van der Waals surface area (Å²) in [5.41, 5.74) is 2.30. The first-order chi connectivity index (χ1) is 18.5. The molecule has 0 atom stereocenters. The molecule has 1 aliphatic heterocycles. The second kappa shape index (κ2) is 9.83. The van der Waals surface area contributed by atoms with E-state index in [0.29, 0.717) is 34.2 Å². The Balaban J connectivity index is 1.38. The van der Waals surface area contributed by atoms with Gasteiger partial charge >= 0.3 is 0 Å². The van der Waals surface area contributed by atoms with E-state index in [1.807, 2.05) is 36.4 Å². The predicted octanol–water partition coefficient (Wildman–Crippen LogP) is 4.60. The number of rotatable bonds is 7. The number of halogens is 1. The number of aromatic nitrogens is 3. The number of carbonyl (C=O) groups excluding carboxylic acids is 1. The van der Waals surface area contributed by atoms with Gasteiger partial charge in [0.2, 0.25) is 4.96 Å². The van der Waals surface area contributed by atoms with Gasteiger partial charge in [0.15, 0.2) is 5.82 Å². The number of carbonyl (C=O) groups is 1. The fourth-order valence-corrected chi connectivity index (χ4v) is 5.49. The van der Waals surface area contributed by atoms with Crippen LogP contribution in [0, 0.1) is 5.82 Å². The molecule has 0 aliphatic carbocycles. The quantitative estimate of drug-likeness (QED) is 0.290. The fraction of sp³-hybridized carbons (Fsp3) is 0.172. The fourth-order valence-electron chi connectivity index (χ4n) is 4.50. The number of nitrogens with zero attached hydrogens (tertiary/aromatic N) is 4. The van der Waals surface area contributed by atoms with Crippen molar-refractivity contribution in [3.63, 3.8) is 0 Å². The lowest BCUT2D eigenvalue weighted by molar-refractivity contribution is -0.113. The standard InChI is InChI=1S/C29H23FN4O3S/c1-2-3-16-37-20-14-12-18(13-15-20)26-31-29-34(32-26)28(36)25(38-29)24-21-9-5-7-11-23(21)33(27(24)35)17-19-8-4-6-10-22(19)30/h4-15H,2-3,16-17H2,1H3. The average Bonchev–Trinajstić information content (AvgIpc) is 3.57. The van der Waals surface area contributed by atoms with E-state index in [2.05, 4.69) is 17.0 Å². The number of thiazole rings is 1. The Morgan fingerprint density at radius 1 is 0.974 bits per heavy atom. The molecule has 3 aromatic carbocycles. The number of amides is 1. The number of unbranched alkanes of at least 4 members (excludes halogenated alkanes) is 1. The predicted molar refractivity (Wildman–Crippen MR) is 145 cm³/mol. The normalized spacial score (nSPS) is 14.4. The minimum absolute atomic E-state index is 0.0588. The molecular weight excluding hydrogens is 503 g/mol. The van der Waals surface area contributed by atoms with Gasteiger partial charge in [0, 0.05) is 16.7 Å². The monoisotopic (exact) mass is 526 g/mol. The van der Waals surface area contributed by atoms with Gasteiger partial charge in [0.1, 0.15) is 16.1 Å². The van der Waals surface area contributed by atoms with E-state index in [4.69, 9.17) is 4.74 Å². The highest BCUT2D eigenvalue weighted by atomic mass is 32.1. The maximum absolute atomic E-state index is 14.4. The van der Waals surface area contributed by atoms with Gasteiger partial charge in [0.05, 0.1) is 24.4 Å². The molecule has 190 valence electrons. The first-order valence-electron chi connectivity index (χ1n) is 12.4. The number of benzene rings is 3.